The van der Waals surface area contributed by atoms with Crippen molar-refractivity contribution < 1.29 is 14.3 Å². The van der Waals surface area contributed by atoms with Crippen LogP contribution in [0.5, 0.6) is 0 Å². The molecule has 0 aliphatic rings. The Labute approximate surface area is 140 Å². The Morgan fingerprint density at radius 1 is 1.22 bits per heavy atom. The summed E-state index contributed by atoms with van der Waals surface area (Å²) in [6.07, 6.45) is -0.892. The lowest BCUT2D eigenvalue weighted by molar-refractivity contribution is -0.126. The van der Waals surface area contributed by atoms with E-state index in [0.717, 1.165) is 0 Å². The van der Waals surface area contributed by atoms with Gasteiger partial charge in [-0.25, -0.2) is 4.39 Å². The number of hydrogen-bond acceptors (Lipinski definition) is 2. The van der Waals surface area contributed by atoms with Gasteiger partial charge in [-0.1, -0.05) is 41.9 Å². The molecular weight excluding hydrogens is 317 g/mol. The second-order valence-corrected chi connectivity index (χ2v) is 6.29. The molecule has 3 nitrogen and oxygen atoms in total. The lowest BCUT2D eigenvalue weighted by Crippen LogP contribution is -2.41. The monoisotopic (exact) mass is 335 g/mol. The Bertz CT molecular complexity index is 686. The molecule has 2 rings (SSSR count). The van der Waals surface area contributed by atoms with E-state index in [4.69, 9.17) is 11.6 Å². The zero-order valence-corrected chi connectivity index (χ0v) is 13.8. The third-order valence-electron chi connectivity index (χ3n) is 3.85. The topological polar surface area (TPSA) is 49.3 Å². The zero-order chi connectivity index (χ0) is 17.0. The van der Waals surface area contributed by atoms with Gasteiger partial charge >= 0.3 is 0 Å². The van der Waals surface area contributed by atoms with Crippen molar-refractivity contribution in [3.05, 3.63) is 70.5 Å². The largest absolute Gasteiger partial charge is 0.387 e. The maximum absolute atomic E-state index is 13.0. The minimum atomic E-state index is -0.892. The minimum Gasteiger partial charge on any atom is -0.387 e. The predicted octanol–water partition coefficient (Wildman–Crippen LogP) is 3.61. The van der Waals surface area contributed by atoms with Crippen LogP contribution in [0.2, 0.25) is 5.02 Å². The highest BCUT2D eigenvalue weighted by molar-refractivity contribution is 6.31. The van der Waals surface area contributed by atoms with Gasteiger partial charge in [0.15, 0.2) is 0 Å². The summed E-state index contributed by atoms with van der Waals surface area (Å²) in [5.74, 6) is -0.602. The standard InChI is InChI=1S/C18H19ClFNO2/c1-18(2,12-7-9-13(20)10-8-12)17(23)21-11-16(22)14-5-3-4-6-15(14)19/h3-10,16,22H,11H2,1-2H3,(H,21,23). The molecule has 0 heterocycles. The van der Waals surface area contributed by atoms with Crippen molar-refractivity contribution in [2.45, 2.75) is 25.4 Å². The minimum absolute atomic E-state index is 0.0488. The van der Waals surface area contributed by atoms with Crippen molar-refractivity contribution in [2.75, 3.05) is 6.54 Å². The van der Waals surface area contributed by atoms with Gasteiger partial charge in [0.2, 0.25) is 5.91 Å². The molecule has 1 amide bonds. The molecule has 0 aromatic heterocycles. The lowest BCUT2D eigenvalue weighted by atomic mass is 9.83. The van der Waals surface area contributed by atoms with Crippen molar-refractivity contribution in [1.29, 1.82) is 0 Å². The van der Waals surface area contributed by atoms with Crippen molar-refractivity contribution in [3.8, 4) is 0 Å². The molecule has 0 aliphatic heterocycles. The van der Waals surface area contributed by atoms with Crippen LogP contribution in [0.3, 0.4) is 0 Å². The van der Waals surface area contributed by atoms with E-state index in [0.29, 0.717) is 16.1 Å². The Kier molecular flexibility index (Phi) is 5.39. The van der Waals surface area contributed by atoms with Crippen molar-refractivity contribution in [3.63, 3.8) is 0 Å². The first-order chi connectivity index (χ1) is 10.8. The summed E-state index contributed by atoms with van der Waals surface area (Å²) >= 11 is 6.03. The van der Waals surface area contributed by atoms with Gasteiger partial charge in [-0.05, 0) is 37.6 Å². The second-order valence-electron chi connectivity index (χ2n) is 5.88. The Balaban J connectivity index is 2.04. The molecule has 5 heteroatoms. The molecular formula is C18H19ClFNO2. The fourth-order valence-corrected chi connectivity index (χ4v) is 2.52. The van der Waals surface area contributed by atoms with Gasteiger partial charge in [0.1, 0.15) is 5.82 Å². The van der Waals surface area contributed by atoms with E-state index < -0.39 is 11.5 Å². The summed E-state index contributed by atoms with van der Waals surface area (Å²) in [5.41, 5.74) is 0.422. The summed E-state index contributed by atoms with van der Waals surface area (Å²) < 4.78 is 13.0. The number of aliphatic hydroxyl groups excluding tert-OH is 1. The average Bonchev–Trinajstić information content (AvgIpc) is 2.53. The van der Waals surface area contributed by atoms with Crippen molar-refractivity contribution in [2.24, 2.45) is 0 Å². The van der Waals surface area contributed by atoms with E-state index in [9.17, 15) is 14.3 Å². The van der Waals surface area contributed by atoms with Gasteiger partial charge in [-0.2, -0.15) is 0 Å². The van der Waals surface area contributed by atoms with E-state index >= 15 is 0 Å². The number of carbonyl (C=O) groups excluding carboxylic acids is 1. The van der Waals surface area contributed by atoms with Crippen LogP contribution in [-0.4, -0.2) is 17.6 Å². The quantitative estimate of drug-likeness (QED) is 0.877. The summed E-state index contributed by atoms with van der Waals surface area (Å²) in [7, 11) is 0. The molecule has 0 saturated heterocycles. The van der Waals surface area contributed by atoms with E-state index in [1.165, 1.54) is 12.1 Å². The fraction of sp³-hybridized carbons (Fsp3) is 0.278. The number of benzene rings is 2. The van der Waals surface area contributed by atoms with Crippen LogP contribution in [-0.2, 0) is 10.2 Å². The van der Waals surface area contributed by atoms with Gasteiger partial charge in [-0.15, -0.1) is 0 Å². The summed E-state index contributed by atoms with van der Waals surface area (Å²) in [6, 6.07) is 12.8. The normalized spacial score (nSPS) is 12.7. The SMILES string of the molecule is CC(C)(C(=O)NCC(O)c1ccccc1Cl)c1ccc(F)cc1. The van der Waals surface area contributed by atoms with Crippen molar-refractivity contribution in [1.82, 2.24) is 5.32 Å². The van der Waals surface area contributed by atoms with E-state index in [-0.39, 0.29) is 18.3 Å². The molecule has 23 heavy (non-hydrogen) atoms. The van der Waals surface area contributed by atoms with Crippen molar-refractivity contribution >= 4 is 17.5 Å². The summed E-state index contributed by atoms with van der Waals surface area (Å²) in [4.78, 5) is 12.4. The number of carbonyl (C=O) groups is 1. The van der Waals surface area contributed by atoms with Crippen LogP contribution in [0.25, 0.3) is 0 Å². The first-order valence-electron chi connectivity index (χ1n) is 7.29. The highest BCUT2D eigenvalue weighted by Crippen LogP contribution is 2.25. The smallest absolute Gasteiger partial charge is 0.230 e. The third kappa shape index (κ3) is 4.09. The molecule has 0 spiro atoms. The van der Waals surface area contributed by atoms with Gasteiger partial charge < -0.3 is 10.4 Å². The number of nitrogens with one attached hydrogen (secondary N) is 1. The molecule has 122 valence electrons. The third-order valence-corrected chi connectivity index (χ3v) is 4.20. The second kappa shape index (κ2) is 7.11. The number of amides is 1. The van der Waals surface area contributed by atoms with Crippen LogP contribution < -0.4 is 5.32 Å². The molecule has 2 aromatic carbocycles. The maximum Gasteiger partial charge on any atom is 0.230 e. The fourth-order valence-electron chi connectivity index (χ4n) is 2.26. The first-order valence-corrected chi connectivity index (χ1v) is 7.67. The number of halogens is 2. The maximum atomic E-state index is 13.0. The molecule has 1 atom stereocenters. The number of aliphatic hydroxyl groups is 1. The van der Waals surface area contributed by atoms with Crippen LogP contribution in [0, 0.1) is 5.82 Å². The Hall–Kier alpha value is -1.91. The molecule has 2 aromatic rings. The highest BCUT2D eigenvalue weighted by Gasteiger charge is 2.30. The molecule has 0 fully saturated rings. The molecule has 0 aliphatic carbocycles. The predicted molar refractivity (Wildman–Crippen MR) is 88.8 cm³/mol. The molecule has 2 N–H and O–H groups in total. The molecule has 1 unspecified atom stereocenters. The van der Waals surface area contributed by atoms with E-state index in [1.807, 2.05) is 0 Å². The summed E-state index contributed by atoms with van der Waals surface area (Å²) in [5, 5.41) is 13.3. The average molecular weight is 336 g/mol. The van der Waals surface area contributed by atoms with Crippen LogP contribution in [0.15, 0.2) is 48.5 Å². The van der Waals surface area contributed by atoms with Crippen LogP contribution in [0.1, 0.15) is 31.1 Å². The molecule has 0 saturated carbocycles. The van der Waals surface area contributed by atoms with Gasteiger partial charge in [0.25, 0.3) is 0 Å². The Morgan fingerprint density at radius 2 is 1.83 bits per heavy atom. The van der Waals surface area contributed by atoms with Crippen LogP contribution >= 0.6 is 11.6 Å². The van der Waals surface area contributed by atoms with E-state index in [1.54, 1.807) is 50.2 Å². The van der Waals surface area contributed by atoms with E-state index in [2.05, 4.69) is 5.32 Å². The van der Waals surface area contributed by atoms with Gasteiger partial charge in [0.05, 0.1) is 11.5 Å². The Morgan fingerprint density at radius 3 is 2.43 bits per heavy atom. The molecule has 0 bridgehead atoms. The number of rotatable bonds is 5. The van der Waals surface area contributed by atoms with Gasteiger partial charge in [0, 0.05) is 17.1 Å². The van der Waals surface area contributed by atoms with Crippen LogP contribution in [0.4, 0.5) is 4.39 Å². The lowest BCUT2D eigenvalue weighted by Gasteiger charge is -2.25. The first kappa shape index (κ1) is 17.4. The van der Waals surface area contributed by atoms with Gasteiger partial charge in [-0.3, -0.25) is 4.79 Å². The highest BCUT2D eigenvalue weighted by atomic mass is 35.5. The number of hydrogen-bond donors (Lipinski definition) is 2. The zero-order valence-electron chi connectivity index (χ0n) is 13.0. The summed E-state index contributed by atoms with van der Waals surface area (Å²) in [6.45, 7) is 3.54. The molecule has 0 radical (unpaired) electrons.